The first-order chi connectivity index (χ1) is 9.34. The van der Waals surface area contributed by atoms with E-state index < -0.39 is 0 Å². The lowest BCUT2D eigenvalue weighted by Gasteiger charge is -2.52. The van der Waals surface area contributed by atoms with Crippen LogP contribution in [0, 0.1) is 16.7 Å². The van der Waals surface area contributed by atoms with E-state index in [9.17, 15) is 0 Å². The minimum absolute atomic E-state index is 0.0879. The Morgan fingerprint density at radius 2 is 2.15 bits per heavy atom. The van der Waals surface area contributed by atoms with Crippen LogP contribution in [0.3, 0.4) is 0 Å². The van der Waals surface area contributed by atoms with Crippen LogP contribution < -0.4 is 10.1 Å². The van der Waals surface area contributed by atoms with Gasteiger partial charge >= 0.3 is 0 Å². The van der Waals surface area contributed by atoms with Crippen LogP contribution in [0.15, 0.2) is 18.2 Å². The van der Waals surface area contributed by atoms with Gasteiger partial charge in [-0.15, -0.1) is 0 Å². The zero-order valence-corrected chi connectivity index (χ0v) is 13.2. The molecule has 1 aliphatic carbocycles. The van der Waals surface area contributed by atoms with Gasteiger partial charge in [-0.2, -0.15) is 5.26 Å². The Bertz CT molecular complexity index is 534. The number of hydrogen-bond acceptors (Lipinski definition) is 3. The average molecular weight is 293 g/mol. The summed E-state index contributed by atoms with van der Waals surface area (Å²) < 4.78 is 6.02. The van der Waals surface area contributed by atoms with Crippen LogP contribution in [0.1, 0.15) is 39.7 Å². The topological polar surface area (TPSA) is 45.0 Å². The first-order valence-electron chi connectivity index (χ1n) is 6.97. The van der Waals surface area contributed by atoms with Crippen molar-refractivity contribution in [1.29, 1.82) is 5.26 Å². The molecule has 0 aliphatic heterocycles. The van der Waals surface area contributed by atoms with Gasteiger partial charge in [-0.05, 0) is 12.1 Å². The molecule has 0 unspecified atom stereocenters. The molecular formula is C16H21ClN2O. The molecule has 20 heavy (non-hydrogen) atoms. The predicted molar refractivity (Wildman–Crippen MR) is 81.0 cm³/mol. The smallest absolute Gasteiger partial charge is 0.121 e. The second kappa shape index (κ2) is 5.63. The highest BCUT2D eigenvalue weighted by molar-refractivity contribution is 6.31. The van der Waals surface area contributed by atoms with Gasteiger partial charge in [0, 0.05) is 30.0 Å². The summed E-state index contributed by atoms with van der Waals surface area (Å²) in [4.78, 5) is 0. The number of rotatable bonds is 4. The Kier molecular flexibility index (Phi) is 4.27. The van der Waals surface area contributed by atoms with Gasteiger partial charge in [-0.1, -0.05) is 39.3 Å². The molecule has 0 amide bonds. The number of benzene rings is 1. The molecule has 0 radical (unpaired) electrons. The number of nitriles is 1. The highest BCUT2D eigenvalue weighted by Crippen LogP contribution is 2.43. The Morgan fingerprint density at radius 3 is 2.65 bits per heavy atom. The zero-order valence-electron chi connectivity index (χ0n) is 12.4. The average Bonchev–Trinajstić information content (AvgIpc) is 2.37. The van der Waals surface area contributed by atoms with Gasteiger partial charge in [-0.3, -0.25) is 0 Å². The molecule has 1 N–H and O–H groups in total. The quantitative estimate of drug-likeness (QED) is 0.919. The van der Waals surface area contributed by atoms with Crippen molar-refractivity contribution in [3.63, 3.8) is 0 Å². The first kappa shape index (κ1) is 15.2. The summed E-state index contributed by atoms with van der Waals surface area (Å²) in [5.41, 5.74) is 0.566. The van der Waals surface area contributed by atoms with Crippen molar-refractivity contribution in [2.24, 2.45) is 5.41 Å². The van der Waals surface area contributed by atoms with Crippen LogP contribution >= 0.6 is 11.6 Å². The van der Waals surface area contributed by atoms with Gasteiger partial charge in [-0.25, -0.2) is 0 Å². The first-order valence-corrected chi connectivity index (χ1v) is 7.34. The summed E-state index contributed by atoms with van der Waals surface area (Å²) in [5.74, 6) is 0.732. The molecule has 108 valence electrons. The maximum atomic E-state index is 8.87. The number of nitrogens with zero attached hydrogens (tertiary/aromatic N) is 1. The van der Waals surface area contributed by atoms with E-state index >= 15 is 0 Å². The maximum absolute atomic E-state index is 8.87. The molecule has 0 bridgehead atoms. The molecule has 0 heterocycles. The van der Waals surface area contributed by atoms with Gasteiger partial charge in [0.05, 0.1) is 10.6 Å². The Labute approximate surface area is 125 Å². The van der Waals surface area contributed by atoms with E-state index in [1.54, 1.807) is 12.1 Å². The fourth-order valence-electron chi connectivity index (χ4n) is 2.59. The second-order valence-corrected chi connectivity index (χ2v) is 6.70. The van der Waals surface area contributed by atoms with Crippen LogP contribution in [0.5, 0.6) is 5.75 Å². The molecule has 1 aromatic rings. The van der Waals surface area contributed by atoms with Crippen molar-refractivity contribution < 1.29 is 4.74 Å². The van der Waals surface area contributed by atoms with Gasteiger partial charge in [0.15, 0.2) is 0 Å². The predicted octanol–water partition coefficient (Wildman–Crippen LogP) is 3.76. The molecule has 1 fully saturated rings. The highest BCUT2D eigenvalue weighted by atomic mass is 35.5. The molecule has 1 aromatic carbocycles. The largest absolute Gasteiger partial charge is 0.490 e. The lowest BCUT2D eigenvalue weighted by molar-refractivity contribution is -0.0574. The summed E-state index contributed by atoms with van der Waals surface area (Å²) in [6, 6.07) is 8.23. The monoisotopic (exact) mass is 292 g/mol. The maximum Gasteiger partial charge on any atom is 0.121 e. The minimum Gasteiger partial charge on any atom is -0.490 e. The molecular weight excluding hydrogens is 272 g/mol. The molecule has 0 aromatic heterocycles. The van der Waals surface area contributed by atoms with E-state index in [1.807, 2.05) is 6.07 Å². The third-order valence-electron chi connectivity index (χ3n) is 4.05. The second-order valence-electron chi connectivity index (χ2n) is 6.29. The van der Waals surface area contributed by atoms with E-state index in [2.05, 4.69) is 39.1 Å². The van der Waals surface area contributed by atoms with Crippen molar-refractivity contribution in [1.82, 2.24) is 5.32 Å². The number of ether oxygens (including phenoxy) is 1. The normalized spacial score (nSPS) is 24.1. The number of hydrogen-bond donors (Lipinski definition) is 1. The van der Waals surface area contributed by atoms with Gasteiger partial charge in [0.25, 0.3) is 0 Å². The minimum atomic E-state index is 0.0879. The lowest BCUT2D eigenvalue weighted by Crippen LogP contribution is -2.63. The Balaban J connectivity index is 2.02. The number of halogens is 1. The SMILES string of the molecule is CC(C)N[C@@H]1C[C@@H](Oc2ccc(C#N)c(Cl)c2)C1(C)C. The molecule has 0 saturated heterocycles. The van der Waals surface area contributed by atoms with Crippen LogP contribution in [0.25, 0.3) is 0 Å². The van der Waals surface area contributed by atoms with E-state index in [-0.39, 0.29) is 11.5 Å². The highest BCUT2D eigenvalue weighted by Gasteiger charge is 2.49. The molecule has 2 atom stereocenters. The van der Waals surface area contributed by atoms with Crippen LogP contribution in [-0.4, -0.2) is 18.2 Å². The van der Waals surface area contributed by atoms with Gasteiger partial charge in [0.2, 0.25) is 0 Å². The lowest BCUT2D eigenvalue weighted by atomic mass is 9.64. The zero-order chi connectivity index (χ0) is 14.9. The van der Waals surface area contributed by atoms with E-state index in [4.69, 9.17) is 21.6 Å². The third-order valence-corrected chi connectivity index (χ3v) is 4.36. The summed E-state index contributed by atoms with van der Waals surface area (Å²) in [6.07, 6.45) is 1.16. The van der Waals surface area contributed by atoms with E-state index in [1.165, 1.54) is 0 Å². The van der Waals surface area contributed by atoms with Gasteiger partial charge in [0.1, 0.15) is 17.9 Å². The van der Waals surface area contributed by atoms with Crippen molar-refractivity contribution in [2.45, 2.75) is 52.3 Å². The van der Waals surface area contributed by atoms with Crippen molar-refractivity contribution in [2.75, 3.05) is 0 Å². The summed E-state index contributed by atoms with van der Waals surface area (Å²) in [7, 11) is 0. The fourth-order valence-corrected chi connectivity index (χ4v) is 2.81. The van der Waals surface area contributed by atoms with Crippen molar-refractivity contribution in [3.8, 4) is 11.8 Å². The standard InChI is InChI=1S/C16H21ClN2O/c1-10(2)19-14-8-15(16(14,3)4)20-12-6-5-11(9-18)13(17)7-12/h5-7,10,14-15,19H,8H2,1-4H3/t14-,15-/m1/s1. The molecule has 4 heteroatoms. The summed E-state index contributed by atoms with van der Waals surface area (Å²) in [5, 5.41) is 12.9. The van der Waals surface area contributed by atoms with Crippen molar-refractivity contribution >= 4 is 11.6 Å². The fraction of sp³-hybridized carbons (Fsp3) is 0.562. The molecule has 0 spiro atoms. The van der Waals surface area contributed by atoms with Crippen LogP contribution in [0.2, 0.25) is 5.02 Å². The Hall–Kier alpha value is -1.24. The van der Waals surface area contributed by atoms with E-state index in [0.717, 1.165) is 12.2 Å². The van der Waals surface area contributed by atoms with Crippen LogP contribution in [-0.2, 0) is 0 Å². The van der Waals surface area contributed by atoms with Gasteiger partial charge < -0.3 is 10.1 Å². The number of nitrogens with one attached hydrogen (secondary N) is 1. The van der Waals surface area contributed by atoms with E-state index in [0.29, 0.717) is 22.7 Å². The molecule has 2 rings (SSSR count). The van der Waals surface area contributed by atoms with Crippen LogP contribution in [0.4, 0.5) is 0 Å². The summed E-state index contributed by atoms with van der Waals surface area (Å²) >= 11 is 6.03. The summed E-state index contributed by atoms with van der Waals surface area (Å²) in [6.45, 7) is 8.74. The molecule has 1 saturated carbocycles. The third kappa shape index (κ3) is 2.92. The Morgan fingerprint density at radius 1 is 1.45 bits per heavy atom. The van der Waals surface area contributed by atoms with Crippen molar-refractivity contribution in [3.05, 3.63) is 28.8 Å². The molecule has 1 aliphatic rings. The molecule has 3 nitrogen and oxygen atoms in total.